The van der Waals surface area contributed by atoms with Crippen molar-refractivity contribution in [2.24, 2.45) is 4.99 Å². The number of likely N-dealkylation sites (tertiary alicyclic amines) is 1. The van der Waals surface area contributed by atoms with Crippen molar-refractivity contribution in [1.29, 1.82) is 0 Å². The van der Waals surface area contributed by atoms with Gasteiger partial charge in [-0.15, -0.1) is 0 Å². The minimum atomic E-state index is 0.321. The molecule has 0 aliphatic carbocycles. The standard InChI is InChI=1S/C16H28N4OS/c1-13-5-3-4-6-20(13)15(21)12-18-7-9-19(10-8-18)16-17-11-14(2)22-16/h13-14H,3-12H2,1-2H3/t13-,14+/m0/s1. The van der Waals surface area contributed by atoms with Crippen LogP contribution in [-0.4, -0.2) is 82.9 Å². The summed E-state index contributed by atoms with van der Waals surface area (Å²) in [6.45, 7) is 10.9. The second-order valence-corrected chi connectivity index (χ2v) is 8.15. The quantitative estimate of drug-likeness (QED) is 0.772. The minimum absolute atomic E-state index is 0.321. The van der Waals surface area contributed by atoms with Gasteiger partial charge in [0.1, 0.15) is 0 Å². The van der Waals surface area contributed by atoms with Crippen molar-refractivity contribution >= 4 is 22.8 Å². The van der Waals surface area contributed by atoms with Crippen molar-refractivity contribution in [2.75, 3.05) is 45.8 Å². The summed E-state index contributed by atoms with van der Waals surface area (Å²) >= 11 is 1.89. The molecule has 0 saturated carbocycles. The van der Waals surface area contributed by atoms with Crippen molar-refractivity contribution in [1.82, 2.24) is 14.7 Å². The Kier molecular flexibility index (Phi) is 5.29. The van der Waals surface area contributed by atoms with E-state index in [2.05, 4.69) is 33.5 Å². The third-order valence-corrected chi connectivity index (χ3v) is 6.06. The fourth-order valence-corrected chi connectivity index (χ4v) is 4.47. The number of piperazine rings is 1. The van der Waals surface area contributed by atoms with E-state index in [0.717, 1.165) is 45.7 Å². The Labute approximate surface area is 138 Å². The SMILES string of the molecule is C[C@@H]1CN=C(N2CCN(CC(=O)N3CCCC[C@@H]3C)CC2)S1. The molecule has 2 atom stereocenters. The van der Waals surface area contributed by atoms with Gasteiger partial charge in [0.2, 0.25) is 5.91 Å². The third kappa shape index (κ3) is 3.77. The number of carbonyl (C=O) groups is 1. The van der Waals surface area contributed by atoms with Crippen LogP contribution in [0.15, 0.2) is 4.99 Å². The molecule has 0 aromatic heterocycles. The summed E-state index contributed by atoms with van der Waals surface area (Å²) in [6, 6.07) is 0.424. The Hall–Kier alpha value is -0.750. The number of amides is 1. The van der Waals surface area contributed by atoms with Gasteiger partial charge in [-0.05, 0) is 26.2 Å². The van der Waals surface area contributed by atoms with E-state index in [4.69, 9.17) is 0 Å². The molecule has 2 saturated heterocycles. The first-order chi connectivity index (χ1) is 10.6. The lowest BCUT2D eigenvalue weighted by Gasteiger charge is -2.38. The maximum atomic E-state index is 12.5. The Balaban J connectivity index is 1.44. The molecular weight excluding hydrogens is 296 g/mol. The predicted octanol–water partition coefficient (Wildman–Crippen LogP) is 1.50. The fraction of sp³-hybridized carbons (Fsp3) is 0.875. The number of nitrogens with zero attached hydrogens (tertiary/aromatic N) is 4. The lowest BCUT2D eigenvalue weighted by molar-refractivity contribution is -0.136. The molecule has 124 valence electrons. The minimum Gasteiger partial charge on any atom is -0.349 e. The Morgan fingerprint density at radius 1 is 1.18 bits per heavy atom. The van der Waals surface area contributed by atoms with E-state index in [0.29, 0.717) is 23.7 Å². The van der Waals surface area contributed by atoms with Crippen LogP contribution in [-0.2, 0) is 4.79 Å². The van der Waals surface area contributed by atoms with E-state index in [-0.39, 0.29) is 0 Å². The molecule has 5 nitrogen and oxygen atoms in total. The number of rotatable bonds is 2. The molecule has 0 aromatic rings. The first kappa shape index (κ1) is 16.1. The second-order valence-electron chi connectivity index (χ2n) is 6.75. The molecule has 0 aromatic carbocycles. The Morgan fingerprint density at radius 2 is 1.95 bits per heavy atom. The molecular formula is C16H28N4OS. The fourth-order valence-electron chi connectivity index (χ4n) is 3.48. The van der Waals surface area contributed by atoms with Gasteiger partial charge in [0.15, 0.2) is 5.17 Å². The predicted molar refractivity (Wildman–Crippen MR) is 92.4 cm³/mol. The zero-order chi connectivity index (χ0) is 15.5. The molecule has 3 aliphatic rings. The zero-order valence-electron chi connectivity index (χ0n) is 13.8. The summed E-state index contributed by atoms with van der Waals surface area (Å²) in [6.07, 6.45) is 3.59. The molecule has 1 amide bonds. The average Bonchev–Trinajstić information content (AvgIpc) is 2.95. The Bertz CT molecular complexity index is 434. The van der Waals surface area contributed by atoms with Gasteiger partial charge in [0, 0.05) is 44.0 Å². The lowest BCUT2D eigenvalue weighted by Crippen LogP contribution is -2.52. The molecule has 0 radical (unpaired) electrons. The van der Waals surface area contributed by atoms with E-state index in [9.17, 15) is 4.79 Å². The van der Waals surface area contributed by atoms with Crippen LogP contribution in [0.25, 0.3) is 0 Å². The van der Waals surface area contributed by atoms with Crippen LogP contribution in [0.5, 0.6) is 0 Å². The number of piperidine rings is 1. The molecule has 0 spiro atoms. The van der Waals surface area contributed by atoms with E-state index >= 15 is 0 Å². The van der Waals surface area contributed by atoms with Crippen molar-refractivity contribution in [2.45, 2.75) is 44.4 Å². The topological polar surface area (TPSA) is 39.1 Å². The molecule has 3 aliphatic heterocycles. The summed E-state index contributed by atoms with van der Waals surface area (Å²) in [5.74, 6) is 0.321. The molecule has 0 N–H and O–H groups in total. The molecule has 2 fully saturated rings. The Morgan fingerprint density at radius 3 is 2.59 bits per heavy atom. The number of amidine groups is 1. The van der Waals surface area contributed by atoms with Gasteiger partial charge in [-0.2, -0.15) is 0 Å². The van der Waals surface area contributed by atoms with Crippen LogP contribution in [0.3, 0.4) is 0 Å². The van der Waals surface area contributed by atoms with Gasteiger partial charge in [0.25, 0.3) is 0 Å². The van der Waals surface area contributed by atoms with E-state index in [1.54, 1.807) is 0 Å². The molecule has 3 heterocycles. The lowest BCUT2D eigenvalue weighted by atomic mass is 10.0. The molecule has 0 bridgehead atoms. The van der Waals surface area contributed by atoms with Gasteiger partial charge in [-0.3, -0.25) is 14.7 Å². The monoisotopic (exact) mass is 324 g/mol. The van der Waals surface area contributed by atoms with Gasteiger partial charge in [0.05, 0.1) is 13.1 Å². The summed E-state index contributed by atoms with van der Waals surface area (Å²) < 4.78 is 0. The van der Waals surface area contributed by atoms with Crippen molar-refractivity contribution in [3.05, 3.63) is 0 Å². The van der Waals surface area contributed by atoms with Crippen LogP contribution in [0.2, 0.25) is 0 Å². The van der Waals surface area contributed by atoms with Gasteiger partial charge < -0.3 is 9.80 Å². The summed E-state index contributed by atoms with van der Waals surface area (Å²) in [5.41, 5.74) is 0. The maximum Gasteiger partial charge on any atom is 0.236 e. The number of aliphatic imine (C=N–C) groups is 1. The molecule has 3 rings (SSSR count). The van der Waals surface area contributed by atoms with Crippen LogP contribution in [0.1, 0.15) is 33.1 Å². The largest absolute Gasteiger partial charge is 0.349 e. The van der Waals surface area contributed by atoms with E-state index in [1.165, 1.54) is 18.0 Å². The average molecular weight is 324 g/mol. The van der Waals surface area contributed by atoms with Gasteiger partial charge in [-0.1, -0.05) is 18.7 Å². The van der Waals surface area contributed by atoms with Crippen molar-refractivity contribution in [3.8, 4) is 0 Å². The van der Waals surface area contributed by atoms with Gasteiger partial charge in [-0.25, -0.2) is 0 Å². The molecule has 0 unspecified atom stereocenters. The highest BCUT2D eigenvalue weighted by molar-refractivity contribution is 8.14. The van der Waals surface area contributed by atoms with Crippen LogP contribution in [0.4, 0.5) is 0 Å². The number of hydrogen-bond acceptors (Lipinski definition) is 5. The molecule has 6 heteroatoms. The van der Waals surface area contributed by atoms with E-state index < -0.39 is 0 Å². The van der Waals surface area contributed by atoms with Crippen molar-refractivity contribution in [3.63, 3.8) is 0 Å². The normalized spacial score (nSPS) is 30.5. The maximum absolute atomic E-state index is 12.5. The van der Waals surface area contributed by atoms with Crippen LogP contribution >= 0.6 is 11.8 Å². The zero-order valence-corrected chi connectivity index (χ0v) is 14.6. The second kappa shape index (κ2) is 7.21. The summed E-state index contributed by atoms with van der Waals surface area (Å²) in [5, 5.41) is 1.83. The number of hydrogen-bond donors (Lipinski definition) is 0. The summed E-state index contributed by atoms with van der Waals surface area (Å²) in [7, 11) is 0. The van der Waals surface area contributed by atoms with Crippen LogP contribution < -0.4 is 0 Å². The first-order valence-electron chi connectivity index (χ1n) is 8.61. The molecule has 22 heavy (non-hydrogen) atoms. The highest BCUT2D eigenvalue weighted by Gasteiger charge is 2.28. The first-order valence-corrected chi connectivity index (χ1v) is 9.49. The highest BCUT2D eigenvalue weighted by Crippen LogP contribution is 2.23. The van der Waals surface area contributed by atoms with Crippen molar-refractivity contribution < 1.29 is 4.79 Å². The smallest absolute Gasteiger partial charge is 0.236 e. The number of thioether (sulfide) groups is 1. The van der Waals surface area contributed by atoms with E-state index in [1.807, 2.05) is 11.8 Å². The summed E-state index contributed by atoms with van der Waals surface area (Å²) in [4.78, 5) is 23.9. The third-order valence-electron chi connectivity index (χ3n) is 4.92. The van der Waals surface area contributed by atoms with Crippen LogP contribution in [0, 0.1) is 0 Å². The van der Waals surface area contributed by atoms with Gasteiger partial charge >= 0.3 is 0 Å². The number of carbonyl (C=O) groups excluding carboxylic acids is 1. The highest BCUT2D eigenvalue weighted by atomic mass is 32.2.